The maximum Gasteiger partial charge on any atom is 0.249 e. The van der Waals surface area contributed by atoms with Gasteiger partial charge < -0.3 is 5.32 Å². The van der Waals surface area contributed by atoms with Crippen LogP contribution in [-0.4, -0.2) is 28.6 Å². The van der Waals surface area contributed by atoms with Crippen LogP contribution in [0.5, 0.6) is 0 Å². The number of thiophene rings is 1. The van der Waals surface area contributed by atoms with Crippen LogP contribution in [0.15, 0.2) is 16.3 Å². The van der Waals surface area contributed by atoms with Gasteiger partial charge in [0, 0.05) is 4.88 Å². The third kappa shape index (κ3) is 3.86. The molecule has 1 aromatic heterocycles. The van der Waals surface area contributed by atoms with Crippen molar-refractivity contribution >= 4 is 21.4 Å². The van der Waals surface area contributed by atoms with Crippen LogP contribution in [0.3, 0.4) is 0 Å². The van der Waals surface area contributed by atoms with E-state index in [1.165, 1.54) is 18.4 Å². The van der Waals surface area contributed by atoms with Crippen molar-refractivity contribution < 1.29 is 8.42 Å². The molecule has 16 heavy (non-hydrogen) atoms. The summed E-state index contributed by atoms with van der Waals surface area (Å²) in [4.78, 5) is 1.09. The molecule has 2 N–H and O–H groups in total. The second-order valence-corrected chi connectivity index (χ2v) is 6.71. The molecule has 1 heterocycles. The zero-order valence-corrected chi connectivity index (χ0v) is 11.2. The quantitative estimate of drug-likeness (QED) is 0.726. The van der Waals surface area contributed by atoms with Crippen LogP contribution in [-0.2, 0) is 16.4 Å². The van der Waals surface area contributed by atoms with E-state index in [9.17, 15) is 8.42 Å². The van der Waals surface area contributed by atoms with E-state index in [1.807, 2.05) is 6.07 Å². The van der Waals surface area contributed by atoms with Crippen LogP contribution in [0.2, 0.25) is 0 Å². The van der Waals surface area contributed by atoms with E-state index in [1.54, 1.807) is 6.07 Å². The fourth-order valence-corrected chi connectivity index (χ4v) is 3.44. The summed E-state index contributed by atoms with van der Waals surface area (Å²) in [5.41, 5.74) is 0. The van der Waals surface area contributed by atoms with Gasteiger partial charge in [-0.1, -0.05) is 6.92 Å². The van der Waals surface area contributed by atoms with E-state index in [-0.39, 0.29) is 0 Å². The van der Waals surface area contributed by atoms with Crippen molar-refractivity contribution in [2.45, 2.75) is 24.0 Å². The highest BCUT2D eigenvalue weighted by Crippen LogP contribution is 2.21. The van der Waals surface area contributed by atoms with Crippen LogP contribution in [0, 0.1) is 0 Å². The summed E-state index contributed by atoms with van der Waals surface area (Å²) in [6, 6.07) is 3.54. The smallest absolute Gasteiger partial charge is 0.249 e. The molecule has 0 saturated carbocycles. The number of hydrogen-bond acceptors (Lipinski definition) is 4. The molecule has 0 aliphatic rings. The van der Waals surface area contributed by atoms with Crippen molar-refractivity contribution in [2.75, 3.05) is 20.1 Å². The van der Waals surface area contributed by atoms with Crippen LogP contribution >= 0.6 is 11.3 Å². The normalized spacial score (nSPS) is 11.9. The first-order chi connectivity index (χ1) is 7.60. The molecule has 0 fully saturated rings. The molecule has 0 bridgehead atoms. The van der Waals surface area contributed by atoms with Gasteiger partial charge in [-0.05, 0) is 45.1 Å². The van der Waals surface area contributed by atoms with Crippen molar-refractivity contribution in [1.29, 1.82) is 0 Å². The Bertz CT molecular complexity index is 412. The van der Waals surface area contributed by atoms with Gasteiger partial charge in [-0.15, -0.1) is 11.3 Å². The average Bonchev–Trinajstić information content (AvgIpc) is 2.74. The lowest BCUT2D eigenvalue weighted by Gasteiger charge is -2.00. The lowest BCUT2D eigenvalue weighted by atomic mass is 10.3. The molecule has 1 aromatic rings. The predicted octanol–water partition coefficient (Wildman–Crippen LogP) is 1.20. The molecule has 0 atom stereocenters. The van der Waals surface area contributed by atoms with Crippen LogP contribution in [0.25, 0.3) is 0 Å². The van der Waals surface area contributed by atoms with Crippen molar-refractivity contribution in [3.05, 3.63) is 17.0 Å². The number of sulfonamides is 1. The molecule has 0 radical (unpaired) electrons. The summed E-state index contributed by atoms with van der Waals surface area (Å²) in [5, 5.41) is 3.29. The van der Waals surface area contributed by atoms with Gasteiger partial charge in [0.1, 0.15) is 4.21 Å². The lowest BCUT2D eigenvalue weighted by Crippen LogP contribution is -2.17. The van der Waals surface area contributed by atoms with Crippen LogP contribution in [0.4, 0.5) is 0 Å². The summed E-state index contributed by atoms with van der Waals surface area (Å²) < 4.78 is 25.7. The Labute approximate surface area is 101 Å². The summed E-state index contributed by atoms with van der Waals surface area (Å²) in [6.07, 6.45) is 1.99. The molecule has 0 spiro atoms. The minimum absolute atomic E-state index is 0.389. The van der Waals surface area contributed by atoms with Gasteiger partial charge in [0.2, 0.25) is 10.0 Å². The standard InChI is InChI=1S/C10H18N2O2S2/c1-3-7-12-8-6-9-4-5-10(15-9)16(13,14)11-2/h4-5,11-12H,3,6-8H2,1-2H3. The highest BCUT2D eigenvalue weighted by atomic mass is 32.2. The maximum absolute atomic E-state index is 11.5. The molecule has 0 saturated heterocycles. The Morgan fingerprint density at radius 2 is 2.06 bits per heavy atom. The number of rotatable bonds is 7. The Balaban J connectivity index is 2.52. The second-order valence-electron chi connectivity index (χ2n) is 3.43. The zero-order chi connectivity index (χ0) is 12.0. The highest BCUT2D eigenvalue weighted by molar-refractivity contribution is 7.91. The summed E-state index contributed by atoms with van der Waals surface area (Å²) >= 11 is 1.33. The van der Waals surface area contributed by atoms with E-state index in [4.69, 9.17) is 0 Å². The third-order valence-corrected chi connectivity index (χ3v) is 5.20. The van der Waals surface area contributed by atoms with E-state index in [0.29, 0.717) is 4.21 Å². The molecule has 92 valence electrons. The molecular formula is C10H18N2O2S2. The Morgan fingerprint density at radius 1 is 1.31 bits per heavy atom. The lowest BCUT2D eigenvalue weighted by molar-refractivity contribution is 0.590. The van der Waals surface area contributed by atoms with Crippen LogP contribution in [0.1, 0.15) is 18.2 Å². The molecule has 0 aliphatic carbocycles. The second kappa shape index (κ2) is 6.34. The minimum Gasteiger partial charge on any atom is -0.316 e. The van der Waals surface area contributed by atoms with Gasteiger partial charge in [0.05, 0.1) is 0 Å². The molecule has 0 aliphatic heterocycles. The van der Waals surface area contributed by atoms with Gasteiger partial charge in [0.25, 0.3) is 0 Å². The molecule has 6 heteroatoms. The average molecular weight is 262 g/mol. The molecule has 0 amide bonds. The first kappa shape index (κ1) is 13.6. The van der Waals surface area contributed by atoms with Crippen molar-refractivity contribution in [1.82, 2.24) is 10.0 Å². The zero-order valence-electron chi connectivity index (χ0n) is 9.62. The fraction of sp³-hybridized carbons (Fsp3) is 0.600. The largest absolute Gasteiger partial charge is 0.316 e. The molecule has 0 aromatic carbocycles. The van der Waals surface area contributed by atoms with Gasteiger partial charge in [-0.2, -0.15) is 0 Å². The van der Waals surface area contributed by atoms with Crippen LogP contribution < -0.4 is 10.0 Å². The Kier molecular flexibility index (Phi) is 5.40. The molecule has 4 nitrogen and oxygen atoms in total. The van der Waals surface area contributed by atoms with Gasteiger partial charge in [-0.25, -0.2) is 13.1 Å². The predicted molar refractivity (Wildman–Crippen MR) is 67.4 cm³/mol. The summed E-state index contributed by atoms with van der Waals surface area (Å²) in [7, 11) is -1.84. The first-order valence-electron chi connectivity index (χ1n) is 5.33. The first-order valence-corrected chi connectivity index (χ1v) is 7.63. The monoisotopic (exact) mass is 262 g/mol. The van der Waals surface area contributed by atoms with Gasteiger partial charge in [-0.3, -0.25) is 0 Å². The number of nitrogens with one attached hydrogen (secondary N) is 2. The minimum atomic E-state index is -3.26. The Morgan fingerprint density at radius 3 is 2.69 bits per heavy atom. The van der Waals surface area contributed by atoms with Crippen molar-refractivity contribution in [2.24, 2.45) is 0 Å². The van der Waals surface area contributed by atoms with Gasteiger partial charge in [0.15, 0.2) is 0 Å². The van der Waals surface area contributed by atoms with Gasteiger partial charge >= 0.3 is 0 Å². The molecule has 1 rings (SSSR count). The maximum atomic E-state index is 11.5. The third-order valence-electron chi connectivity index (χ3n) is 2.15. The summed E-state index contributed by atoms with van der Waals surface area (Å²) in [5.74, 6) is 0. The van der Waals surface area contributed by atoms with E-state index in [0.717, 1.165) is 30.8 Å². The number of hydrogen-bond donors (Lipinski definition) is 2. The van der Waals surface area contributed by atoms with Crippen molar-refractivity contribution in [3.63, 3.8) is 0 Å². The fourth-order valence-electron chi connectivity index (χ4n) is 1.25. The molecular weight excluding hydrogens is 244 g/mol. The van der Waals surface area contributed by atoms with E-state index >= 15 is 0 Å². The molecule has 0 unspecified atom stereocenters. The van der Waals surface area contributed by atoms with E-state index < -0.39 is 10.0 Å². The highest BCUT2D eigenvalue weighted by Gasteiger charge is 2.13. The summed E-state index contributed by atoms with van der Waals surface area (Å²) in [6.45, 7) is 4.02. The SMILES string of the molecule is CCCNCCc1ccc(S(=O)(=O)NC)s1. The van der Waals surface area contributed by atoms with Crippen molar-refractivity contribution in [3.8, 4) is 0 Å². The Hall–Kier alpha value is -0.430. The topological polar surface area (TPSA) is 58.2 Å². The van der Waals surface area contributed by atoms with E-state index in [2.05, 4.69) is 17.0 Å².